The Hall–Kier alpha value is -3.17. The predicted octanol–water partition coefficient (Wildman–Crippen LogP) is 3.99. The van der Waals surface area contributed by atoms with E-state index in [4.69, 9.17) is 11.6 Å². The molecular weight excluding hydrogens is 514 g/mol. The Labute approximate surface area is 225 Å². The van der Waals surface area contributed by atoms with E-state index in [0.717, 1.165) is 30.2 Å². The number of hydrogen-bond donors (Lipinski definition) is 4. The van der Waals surface area contributed by atoms with Gasteiger partial charge in [0, 0.05) is 36.2 Å². The summed E-state index contributed by atoms with van der Waals surface area (Å²) < 4.78 is 27.5. The van der Waals surface area contributed by atoms with Crippen LogP contribution in [0.2, 0.25) is 5.02 Å². The zero-order valence-corrected chi connectivity index (χ0v) is 21.7. The number of aryl methyl sites for hydroxylation is 1. The van der Waals surface area contributed by atoms with E-state index in [1.807, 2.05) is 24.3 Å². The molecule has 0 heterocycles. The van der Waals surface area contributed by atoms with Crippen LogP contribution in [0.15, 0.2) is 66.7 Å². The van der Waals surface area contributed by atoms with Gasteiger partial charge >= 0.3 is 0 Å². The van der Waals surface area contributed by atoms with E-state index in [2.05, 4.69) is 17.6 Å². The standard InChI is InChI=1S/C29H31ClF2N2O4/c1-2-18-5-3-6-19(9-18)16-33-17-28(37)25(12-20-10-23(31)14-24(32)11-20)34-29(38)27(36)15-26(35)21-7-4-8-22(30)13-21/h3-11,13-14,25,27-28,33,36-37H,2,12,15-17H2,1H3,(H,34,38)/t25-,27?,28+/m0/s1. The minimum Gasteiger partial charge on any atom is -0.390 e. The molecule has 0 spiro atoms. The zero-order chi connectivity index (χ0) is 27.7. The Balaban J connectivity index is 1.67. The fourth-order valence-corrected chi connectivity index (χ4v) is 4.25. The number of hydrogen-bond acceptors (Lipinski definition) is 5. The summed E-state index contributed by atoms with van der Waals surface area (Å²) in [5.74, 6) is -2.96. The van der Waals surface area contributed by atoms with Crippen molar-refractivity contribution in [1.29, 1.82) is 0 Å². The molecule has 0 aliphatic heterocycles. The summed E-state index contributed by atoms with van der Waals surface area (Å²) in [6.45, 7) is 2.56. The number of halogens is 3. The quantitative estimate of drug-likeness (QED) is 0.244. The van der Waals surface area contributed by atoms with E-state index in [1.165, 1.54) is 17.7 Å². The molecule has 3 rings (SSSR count). The van der Waals surface area contributed by atoms with Crippen LogP contribution >= 0.6 is 11.6 Å². The van der Waals surface area contributed by atoms with Crippen molar-refractivity contribution >= 4 is 23.3 Å². The first kappa shape index (κ1) is 29.4. The van der Waals surface area contributed by atoms with Crippen LogP contribution in [0.25, 0.3) is 0 Å². The predicted molar refractivity (Wildman–Crippen MR) is 142 cm³/mol. The molecule has 0 saturated carbocycles. The number of amides is 1. The summed E-state index contributed by atoms with van der Waals surface area (Å²) in [7, 11) is 0. The van der Waals surface area contributed by atoms with Crippen molar-refractivity contribution < 1.29 is 28.6 Å². The van der Waals surface area contributed by atoms with Crippen molar-refractivity contribution in [3.8, 4) is 0 Å². The molecular formula is C29H31ClF2N2O4. The van der Waals surface area contributed by atoms with Gasteiger partial charge in [-0.15, -0.1) is 0 Å². The summed E-state index contributed by atoms with van der Waals surface area (Å²) in [5, 5.41) is 27.3. The van der Waals surface area contributed by atoms with Crippen LogP contribution in [-0.2, 0) is 24.2 Å². The van der Waals surface area contributed by atoms with E-state index in [9.17, 15) is 28.6 Å². The van der Waals surface area contributed by atoms with E-state index in [-0.39, 0.29) is 24.1 Å². The third kappa shape index (κ3) is 8.99. The number of ketones is 1. The molecule has 1 unspecified atom stereocenters. The molecule has 4 N–H and O–H groups in total. The van der Waals surface area contributed by atoms with Gasteiger partial charge in [0.05, 0.1) is 12.1 Å². The van der Waals surface area contributed by atoms with Crippen LogP contribution in [0, 0.1) is 11.6 Å². The molecule has 9 heteroatoms. The lowest BCUT2D eigenvalue weighted by Gasteiger charge is -2.26. The number of rotatable bonds is 13. The highest BCUT2D eigenvalue weighted by Gasteiger charge is 2.27. The minimum absolute atomic E-state index is 0.0522. The lowest BCUT2D eigenvalue weighted by Crippen LogP contribution is -2.51. The zero-order valence-electron chi connectivity index (χ0n) is 21.0. The van der Waals surface area contributed by atoms with Crippen LogP contribution in [0.4, 0.5) is 8.78 Å². The molecule has 0 aliphatic rings. The fourth-order valence-electron chi connectivity index (χ4n) is 4.06. The van der Waals surface area contributed by atoms with Crippen LogP contribution in [-0.4, -0.2) is 46.7 Å². The van der Waals surface area contributed by atoms with Crippen LogP contribution < -0.4 is 10.6 Å². The maximum Gasteiger partial charge on any atom is 0.249 e. The number of carbonyl (C=O) groups is 2. The van der Waals surface area contributed by atoms with E-state index in [1.54, 1.807) is 12.1 Å². The molecule has 202 valence electrons. The van der Waals surface area contributed by atoms with Crippen molar-refractivity contribution in [2.24, 2.45) is 0 Å². The van der Waals surface area contributed by atoms with Gasteiger partial charge in [-0.05, 0) is 53.8 Å². The molecule has 0 radical (unpaired) electrons. The summed E-state index contributed by atoms with van der Waals surface area (Å²) in [6.07, 6.45) is -2.60. The van der Waals surface area contributed by atoms with Crippen molar-refractivity contribution in [2.45, 2.75) is 51.0 Å². The molecule has 0 saturated heterocycles. The van der Waals surface area contributed by atoms with Gasteiger partial charge in [-0.1, -0.05) is 54.9 Å². The lowest BCUT2D eigenvalue weighted by atomic mass is 9.99. The molecule has 0 aromatic heterocycles. The van der Waals surface area contributed by atoms with Gasteiger partial charge in [-0.2, -0.15) is 0 Å². The molecule has 1 amide bonds. The molecule has 3 atom stereocenters. The van der Waals surface area contributed by atoms with Gasteiger partial charge in [0.15, 0.2) is 5.78 Å². The van der Waals surface area contributed by atoms with Gasteiger partial charge in [0.2, 0.25) is 5.91 Å². The molecule has 0 fully saturated rings. The molecule has 38 heavy (non-hydrogen) atoms. The third-order valence-electron chi connectivity index (χ3n) is 6.08. The van der Waals surface area contributed by atoms with Gasteiger partial charge in [-0.3, -0.25) is 9.59 Å². The average molecular weight is 545 g/mol. The smallest absolute Gasteiger partial charge is 0.249 e. The van der Waals surface area contributed by atoms with Gasteiger partial charge in [0.1, 0.15) is 17.7 Å². The number of benzene rings is 3. The summed E-state index contributed by atoms with van der Waals surface area (Å²) >= 11 is 5.91. The summed E-state index contributed by atoms with van der Waals surface area (Å²) in [4.78, 5) is 25.2. The molecule has 3 aromatic carbocycles. The first-order valence-electron chi connectivity index (χ1n) is 12.3. The maximum atomic E-state index is 13.8. The van der Waals surface area contributed by atoms with Gasteiger partial charge in [-0.25, -0.2) is 8.78 Å². The van der Waals surface area contributed by atoms with Crippen molar-refractivity contribution in [3.63, 3.8) is 0 Å². The highest BCUT2D eigenvalue weighted by atomic mass is 35.5. The van der Waals surface area contributed by atoms with Crippen LogP contribution in [0.5, 0.6) is 0 Å². The second-order valence-electron chi connectivity index (χ2n) is 9.12. The van der Waals surface area contributed by atoms with Crippen molar-refractivity contribution in [3.05, 3.63) is 106 Å². The van der Waals surface area contributed by atoms with Gasteiger partial charge in [0.25, 0.3) is 0 Å². The molecule has 6 nitrogen and oxygen atoms in total. The van der Waals surface area contributed by atoms with E-state index < -0.39 is 48.0 Å². The second kappa shape index (κ2) is 14.1. The fraction of sp³-hybridized carbons (Fsp3) is 0.310. The van der Waals surface area contributed by atoms with Crippen LogP contribution in [0.1, 0.15) is 40.4 Å². The molecule has 0 bridgehead atoms. The Morgan fingerprint density at radius 1 is 0.921 bits per heavy atom. The minimum atomic E-state index is -1.70. The van der Waals surface area contributed by atoms with E-state index >= 15 is 0 Å². The molecule has 3 aromatic rings. The van der Waals surface area contributed by atoms with Crippen molar-refractivity contribution in [1.82, 2.24) is 10.6 Å². The van der Waals surface area contributed by atoms with E-state index in [0.29, 0.717) is 11.6 Å². The number of aliphatic hydroxyl groups excluding tert-OH is 2. The van der Waals surface area contributed by atoms with Gasteiger partial charge < -0.3 is 20.8 Å². The Morgan fingerprint density at radius 3 is 2.29 bits per heavy atom. The second-order valence-corrected chi connectivity index (χ2v) is 9.56. The molecule has 0 aliphatic carbocycles. The topological polar surface area (TPSA) is 98.7 Å². The number of carbonyl (C=O) groups excluding carboxylic acids is 2. The Kier molecular flexibility index (Phi) is 10.9. The maximum absolute atomic E-state index is 13.8. The third-order valence-corrected chi connectivity index (χ3v) is 6.32. The largest absolute Gasteiger partial charge is 0.390 e. The average Bonchev–Trinajstić information content (AvgIpc) is 2.87. The number of Topliss-reactive ketones (excluding diaryl/α,β-unsaturated/α-hetero) is 1. The Morgan fingerprint density at radius 2 is 1.61 bits per heavy atom. The SMILES string of the molecule is CCc1cccc(CNC[C@@H](O)[C@H](Cc2cc(F)cc(F)c2)NC(=O)C(O)CC(=O)c2cccc(Cl)c2)c1. The number of aliphatic hydroxyl groups is 2. The van der Waals surface area contributed by atoms with Crippen molar-refractivity contribution in [2.75, 3.05) is 6.54 Å². The first-order chi connectivity index (χ1) is 18.1. The summed E-state index contributed by atoms with van der Waals surface area (Å²) in [6, 6.07) is 16.0. The normalized spacial score (nSPS) is 13.5. The highest BCUT2D eigenvalue weighted by molar-refractivity contribution is 6.31. The first-order valence-corrected chi connectivity index (χ1v) is 12.7. The highest BCUT2D eigenvalue weighted by Crippen LogP contribution is 2.15. The summed E-state index contributed by atoms with van der Waals surface area (Å²) in [5.41, 5.74) is 2.64. The monoisotopic (exact) mass is 544 g/mol. The number of nitrogens with one attached hydrogen (secondary N) is 2. The lowest BCUT2D eigenvalue weighted by molar-refractivity contribution is -0.130. The Bertz CT molecular complexity index is 1240. The van der Waals surface area contributed by atoms with Crippen LogP contribution in [0.3, 0.4) is 0 Å².